The van der Waals surface area contributed by atoms with Gasteiger partial charge in [0.25, 0.3) is 0 Å². The van der Waals surface area contributed by atoms with Crippen molar-refractivity contribution >= 4 is 5.57 Å². The lowest BCUT2D eigenvalue weighted by molar-refractivity contribution is -0.137. The van der Waals surface area contributed by atoms with Crippen LogP contribution in [0.3, 0.4) is 0 Å². The molecule has 0 heterocycles. The van der Waals surface area contributed by atoms with Crippen LogP contribution in [0.2, 0.25) is 0 Å². The summed E-state index contributed by atoms with van der Waals surface area (Å²) in [6, 6.07) is 5.73. The molecule has 0 fully saturated rings. The molecule has 0 atom stereocenters. The lowest BCUT2D eigenvalue weighted by Crippen LogP contribution is -2.08. The minimum atomic E-state index is -4.29. The van der Waals surface area contributed by atoms with Crippen molar-refractivity contribution in [2.24, 2.45) is 0 Å². The second-order valence-corrected chi connectivity index (χ2v) is 3.81. The van der Waals surface area contributed by atoms with E-state index in [4.69, 9.17) is 0 Å². The van der Waals surface area contributed by atoms with Gasteiger partial charge in [-0.2, -0.15) is 13.2 Å². The molecule has 0 N–H and O–H groups in total. The number of hydrogen-bond donors (Lipinski definition) is 0. The summed E-state index contributed by atoms with van der Waals surface area (Å²) in [5.41, 5.74) is 1.44. The first kappa shape index (κ1) is 11.0. The number of benzene rings is 1. The molecule has 16 heavy (non-hydrogen) atoms. The maximum Gasteiger partial charge on any atom is 0.416 e. The van der Waals surface area contributed by atoms with Crippen LogP contribution in [-0.2, 0) is 6.18 Å². The second kappa shape index (κ2) is 3.81. The van der Waals surface area contributed by atoms with Crippen molar-refractivity contribution in [3.8, 4) is 0 Å². The molecule has 0 unspecified atom stereocenters. The minimum absolute atomic E-state index is 0.303. The zero-order chi connectivity index (χ0) is 11.8. The van der Waals surface area contributed by atoms with Crippen LogP contribution in [0, 0.1) is 0 Å². The summed E-state index contributed by atoms with van der Waals surface area (Å²) >= 11 is 0. The molecule has 0 saturated carbocycles. The summed E-state index contributed by atoms with van der Waals surface area (Å²) in [6.45, 7) is 1.84. The highest BCUT2D eigenvalue weighted by molar-refractivity contribution is 5.76. The predicted octanol–water partition coefficient (Wildman–Crippen LogP) is 4.44. The Morgan fingerprint density at radius 3 is 2.38 bits per heavy atom. The van der Waals surface area contributed by atoms with Crippen molar-refractivity contribution < 1.29 is 13.2 Å². The third-order valence-electron chi connectivity index (χ3n) is 2.72. The molecule has 0 aliphatic heterocycles. The summed E-state index contributed by atoms with van der Waals surface area (Å²) in [5.74, 6) is 0. The van der Waals surface area contributed by atoms with Gasteiger partial charge in [0.2, 0.25) is 0 Å². The van der Waals surface area contributed by atoms with Gasteiger partial charge in [0.15, 0.2) is 0 Å². The van der Waals surface area contributed by atoms with Crippen LogP contribution in [-0.4, -0.2) is 0 Å². The highest BCUT2D eigenvalue weighted by atomic mass is 19.4. The molecule has 0 spiro atoms. The Hall–Kier alpha value is -1.51. The van der Waals surface area contributed by atoms with Gasteiger partial charge in [0, 0.05) is 0 Å². The van der Waals surface area contributed by atoms with E-state index in [0.29, 0.717) is 12.0 Å². The van der Waals surface area contributed by atoms with E-state index in [1.54, 1.807) is 6.07 Å². The molecule has 0 bridgehead atoms. The zero-order valence-electron chi connectivity index (χ0n) is 8.81. The number of allylic oxidation sites excluding steroid dienone is 4. The third kappa shape index (κ3) is 1.90. The highest BCUT2D eigenvalue weighted by Crippen LogP contribution is 2.38. The van der Waals surface area contributed by atoms with E-state index in [-0.39, 0.29) is 0 Å². The predicted molar refractivity (Wildman–Crippen MR) is 57.8 cm³/mol. The van der Waals surface area contributed by atoms with Crippen molar-refractivity contribution in [2.75, 3.05) is 0 Å². The van der Waals surface area contributed by atoms with Crippen LogP contribution in [0.5, 0.6) is 0 Å². The van der Waals surface area contributed by atoms with Crippen molar-refractivity contribution in [3.63, 3.8) is 0 Å². The molecular weight excluding hydrogens is 213 g/mol. The smallest absolute Gasteiger partial charge is 0.166 e. The van der Waals surface area contributed by atoms with Crippen molar-refractivity contribution in [3.05, 3.63) is 53.1 Å². The van der Waals surface area contributed by atoms with Gasteiger partial charge in [-0.25, -0.2) is 0 Å². The van der Waals surface area contributed by atoms with Gasteiger partial charge >= 0.3 is 6.18 Å². The lowest BCUT2D eigenvalue weighted by Gasteiger charge is -2.14. The first-order valence-electron chi connectivity index (χ1n) is 5.03. The number of halogens is 3. The summed E-state index contributed by atoms with van der Waals surface area (Å²) in [4.78, 5) is 0. The molecule has 84 valence electrons. The van der Waals surface area contributed by atoms with E-state index in [1.807, 2.05) is 19.1 Å². The molecule has 2 rings (SSSR count). The Kier molecular flexibility index (Phi) is 2.62. The molecule has 1 aliphatic carbocycles. The Bertz CT molecular complexity index is 464. The molecule has 0 aromatic heterocycles. The lowest BCUT2D eigenvalue weighted by atomic mass is 9.96. The average Bonchev–Trinajstić information content (AvgIpc) is 2.63. The van der Waals surface area contributed by atoms with E-state index in [0.717, 1.165) is 17.2 Å². The highest BCUT2D eigenvalue weighted by Gasteiger charge is 2.33. The summed E-state index contributed by atoms with van der Waals surface area (Å²) < 4.78 is 38.4. The SMILES string of the molecule is CC1=C(c2ccccc2C(F)(F)F)CC=C1. The van der Waals surface area contributed by atoms with Gasteiger partial charge in [-0.05, 0) is 36.1 Å². The average molecular weight is 224 g/mol. The fourth-order valence-corrected chi connectivity index (χ4v) is 1.93. The summed E-state index contributed by atoms with van der Waals surface area (Å²) in [6.07, 6.45) is 0.0473. The normalized spacial score (nSPS) is 16.0. The molecular formula is C13H11F3. The van der Waals surface area contributed by atoms with Crippen LogP contribution in [0.25, 0.3) is 5.57 Å². The van der Waals surface area contributed by atoms with E-state index >= 15 is 0 Å². The fraction of sp³-hybridized carbons (Fsp3) is 0.231. The van der Waals surface area contributed by atoms with Gasteiger partial charge in [-0.3, -0.25) is 0 Å². The largest absolute Gasteiger partial charge is 0.416 e. The van der Waals surface area contributed by atoms with Gasteiger partial charge < -0.3 is 0 Å². The topological polar surface area (TPSA) is 0 Å². The van der Waals surface area contributed by atoms with E-state index in [9.17, 15) is 13.2 Å². The number of rotatable bonds is 1. The van der Waals surface area contributed by atoms with Crippen LogP contribution < -0.4 is 0 Å². The van der Waals surface area contributed by atoms with Gasteiger partial charge in [0.05, 0.1) is 5.56 Å². The van der Waals surface area contributed by atoms with E-state index < -0.39 is 11.7 Å². The quantitative estimate of drug-likeness (QED) is 0.661. The molecule has 0 saturated heterocycles. The Morgan fingerprint density at radius 1 is 1.12 bits per heavy atom. The first-order valence-corrected chi connectivity index (χ1v) is 5.03. The van der Waals surface area contributed by atoms with Gasteiger partial charge in [-0.1, -0.05) is 30.4 Å². The van der Waals surface area contributed by atoms with Gasteiger partial charge in [0.1, 0.15) is 0 Å². The van der Waals surface area contributed by atoms with Gasteiger partial charge in [-0.15, -0.1) is 0 Å². The molecule has 1 aliphatic rings. The number of alkyl halides is 3. The van der Waals surface area contributed by atoms with Crippen molar-refractivity contribution in [2.45, 2.75) is 19.5 Å². The summed E-state index contributed by atoms with van der Waals surface area (Å²) in [7, 11) is 0. The first-order chi connectivity index (χ1) is 7.50. The van der Waals surface area contributed by atoms with Crippen LogP contribution in [0.15, 0.2) is 42.0 Å². The Morgan fingerprint density at radius 2 is 1.81 bits per heavy atom. The van der Waals surface area contributed by atoms with E-state index in [2.05, 4.69) is 0 Å². The molecule has 0 nitrogen and oxygen atoms in total. The van der Waals surface area contributed by atoms with Crippen molar-refractivity contribution in [1.82, 2.24) is 0 Å². The van der Waals surface area contributed by atoms with Crippen LogP contribution in [0.4, 0.5) is 13.2 Å². The monoisotopic (exact) mass is 224 g/mol. The minimum Gasteiger partial charge on any atom is -0.166 e. The maximum atomic E-state index is 12.8. The standard InChI is InChI=1S/C13H11F3/c1-9-5-4-7-10(9)11-6-2-3-8-12(11)13(14,15)16/h2-6,8H,7H2,1H3. The second-order valence-electron chi connectivity index (χ2n) is 3.81. The third-order valence-corrected chi connectivity index (χ3v) is 2.72. The van der Waals surface area contributed by atoms with E-state index in [1.165, 1.54) is 12.1 Å². The Labute approximate surface area is 92.1 Å². The number of hydrogen-bond acceptors (Lipinski definition) is 0. The fourth-order valence-electron chi connectivity index (χ4n) is 1.93. The molecule has 0 amide bonds. The van der Waals surface area contributed by atoms with Crippen LogP contribution >= 0.6 is 0 Å². The zero-order valence-corrected chi connectivity index (χ0v) is 8.81. The Balaban J connectivity index is 2.54. The maximum absolute atomic E-state index is 12.8. The van der Waals surface area contributed by atoms with Crippen LogP contribution in [0.1, 0.15) is 24.5 Å². The molecule has 3 heteroatoms. The molecule has 1 aromatic carbocycles. The van der Waals surface area contributed by atoms with Crippen molar-refractivity contribution in [1.29, 1.82) is 0 Å². The molecule has 0 radical (unpaired) electrons. The summed E-state index contributed by atoms with van der Waals surface area (Å²) in [5, 5.41) is 0. The molecule has 1 aromatic rings.